The molecule has 2 N–H and O–H groups in total. The summed E-state index contributed by atoms with van der Waals surface area (Å²) in [6, 6.07) is 8.64. The number of aromatic hydroxyl groups is 1. The van der Waals surface area contributed by atoms with Crippen LogP contribution in [0.5, 0.6) is 5.75 Å². The van der Waals surface area contributed by atoms with Crippen molar-refractivity contribution in [2.75, 3.05) is 0 Å². The van der Waals surface area contributed by atoms with Crippen molar-refractivity contribution in [2.24, 2.45) is 10.2 Å². The van der Waals surface area contributed by atoms with E-state index in [4.69, 9.17) is 0 Å². The molecule has 0 amide bonds. The number of aromatic nitrogens is 1. The molecular weight excluding hydrogens is 242 g/mol. The van der Waals surface area contributed by atoms with Crippen LogP contribution in [0.4, 0.5) is 11.5 Å². The molecule has 19 heavy (non-hydrogen) atoms. The molecule has 0 unspecified atom stereocenters. The zero-order chi connectivity index (χ0) is 14.0. The lowest BCUT2D eigenvalue weighted by molar-refractivity contribution is -0.898. The zero-order valence-corrected chi connectivity index (χ0v) is 11.1. The van der Waals surface area contributed by atoms with Gasteiger partial charge < -0.3 is 10.3 Å². The Morgan fingerprint density at radius 1 is 1.00 bits per heavy atom. The number of pyridine rings is 1. The molecule has 1 aromatic carbocycles. The fraction of sp³-hybridized carbons (Fsp3) is 0.214. The smallest absolute Gasteiger partial charge is 0.388 e. The van der Waals surface area contributed by atoms with Crippen molar-refractivity contribution in [1.29, 1.82) is 0 Å². The lowest BCUT2D eigenvalue weighted by atomic mass is 10.1. The van der Waals surface area contributed by atoms with E-state index in [1.807, 2.05) is 6.92 Å². The predicted octanol–water partition coefficient (Wildman–Crippen LogP) is 3.26. The van der Waals surface area contributed by atoms with Gasteiger partial charge in [0.05, 0.1) is 5.11 Å². The van der Waals surface area contributed by atoms with Crippen molar-refractivity contribution >= 4 is 11.5 Å². The molecule has 5 nitrogen and oxygen atoms in total. The molecule has 0 aliphatic rings. The van der Waals surface area contributed by atoms with Gasteiger partial charge in [0.1, 0.15) is 17.1 Å². The summed E-state index contributed by atoms with van der Waals surface area (Å²) in [6.07, 6.45) is 0. The van der Waals surface area contributed by atoms with Gasteiger partial charge in [-0.3, -0.25) is 0 Å². The third-order valence-corrected chi connectivity index (χ3v) is 2.91. The molecule has 0 aliphatic carbocycles. The van der Waals surface area contributed by atoms with E-state index >= 15 is 0 Å². The summed E-state index contributed by atoms with van der Waals surface area (Å²) in [5.74, 6) is 0.592. The van der Waals surface area contributed by atoms with E-state index in [1.54, 1.807) is 44.2 Å². The van der Waals surface area contributed by atoms with Crippen LogP contribution in [-0.2, 0) is 0 Å². The van der Waals surface area contributed by atoms with Crippen LogP contribution >= 0.6 is 0 Å². The minimum Gasteiger partial charge on any atom is -0.508 e. The van der Waals surface area contributed by atoms with Gasteiger partial charge in [-0.25, -0.2) is 0 Å². The average molecular weight is 258 g/mol. The number of hydrogen-bond donors (Lipinski definition) is 2. The fourth-order valence-corrected chi connectivity index (χ4v) is 1.67. The molecule has 0 radical (unpaired) electrons. The lowest BCUT2D eigenvalue weighted by Gasteiger charge is -2.01. The van der Waals surface area contributed by atoms with Gasteiger partial charge in [0, 0.05) is 13.0 Å². The highest BCUT2D eigenvalue weighted by Gasteiger charge is 2.11. The number of azo groups is 1. The maximum Gasteiger partial charge on any atom is 0.388 e. The van der Waals surface area contributed by atoms with E-state index in [9.17, 15) is 10.3 Å². The van der Waals surface area contributed by atoms with E-state index in [1.165, 1.54) is 0 Å². The molecule has 1 heterocycles. The molecule has 0 saturated carbocycles. The van der Waals surface area contributed by atoms with Crippen molar-refractivity contribution in [3.8, 4) is 5.75 Å². The Labute approximate surface area is 111 Å². The average Bonchev–Trinajstić information content (AvgIpc) is 2.37. The number of rotatable bonds is 2. The molecule has 5 heteroatoms. The fourth-order valence-electron chi connectivity index (χ4n) is 1.67. The first kappa shape index (κ1) is 13.0. The molecular formula is C14H16N3O2+. The SMILES string of the molecule is Cc1cc(N=Nc2cccc(C)[n+]2O)c(C)cc1O. The van der Waals surface area contributed by atoms with Crippen LogP contribution in [0.1, 0.15) is 16.8 Å². The van der Waals surface area contributed by atoms with Crippen molar-refractivity contribution in [1.82, 2.24) is 0 Å². The summed E-state index contributed by atoms with van der Waals surface area (Å²) >= 11 is 0. The Morgan fingerprint density at radius 2 is 1.74 bits per heavy atom. The van der Waals surface area contributed by atoms with E-state index in [2.05, 4.69) is 10.2 Å². The van der Waals surface area contributed by atoms with E-state index < -0.39 is 0 Å². The van der Waals surface area contributed by atoms with Gasteiger partial charge in [0.25, 0.3) is 0 Å². The Balaban J connectivity index is 2.38. The molecule has 0 bridgehead atoms. The van der Waals surface area contributed by atoms with Gasteiger partial charge in [0.2, 0.25) is 0 Å². The van der Waals surface area contributed by atoms with Gasteiger partial charge in [-0.2, -0.15) is 0 Å². The summed E-state index contributed by atoms with van der Waals surface area (Å²) in [4.78, 5) is 0. The second-order valence-electron chi connectivity index (χ2n) is 4.46. The highest BCUT2D eigenvalue weighted by atomic mass is 16.5. The molecule has 0 saturated heterocycles. The highest BCUT2D eigenvalue weighted by Crippen LogP contribution is 2.28. The molecule has 1 aromatic heterocycles. The van der Waals surface area contributed by atoms with Crippen molar-refractivity contribution in [2.45, 2.75) is 20.8 Å². The first-order valence-electron chi connectivity index (χ1n) is 5.92. The second kappa shape index (κ2) is 5.06. The molecule has 0 aliphatic heterocycles. The van der Waals surface area contributed by atoms with Gasteiger partial charge in [-0.1, -0.05) is 0 Å². The standard InChI is InChI=1S/C14H15N3O2/c1-9-8-13(18)10(2)7-12(9)15-16-14-6-4-5-11(3)17(14)19/h4-8,19H,1-3H3/p+1. The van der Waals surface area contributed by atoms with Gasteiger partial charge in [-0.05, 0) is 59.1 Å². The van der Waals surface area contributed by atoms with Crippen LogP contribution in [0.2, 0.25) is 0 Å². The van der Waals surface area contributed by atoms with Gasteiger partial charge >= 0.3 is 5.82 Å². The monoisotopic (exact) mass is 258 g/mol. The third kappa shape index (κ3) is 2.70. The predicted molar refractivity (Wildman–Crippen MR) is 70.3 cm³/mol. The zero-order valence-electron chi connectivity index (χ0n) is 11.1. The van der Waals surface area contributed by atoms with Crippen molar-refractivity contribution < 1.29 is 15.0 Å². The van der Waals surface area contributed by atoms with Gasteiger partial charge in [0.15, 0.2) is 0 Å². The molecule has 0 fully saturated rings. The number of hydrogen-bond acceptors (Lipinski definition) is 4. The Kier molecular flexibility index (Phi) is 3.46. The maximum absolute atomic E-state index is 9.77. The van der Waals surface area contributed by atoms with E-state index in [-0.39, 0.29) is 5.75 Å². The lowest BCUT2D eigenvalue weighted by Crippen LogP contribution is -2.33. The Hall–Kier alpha value is -2.43. The molecule has 0 spiro atoms. The third-order valence-electron chi connectivity index (χ3n) is 2.91. The number of benzene rings is 1. The normalized spacial score (nSPS) is 11.1. The second-order valence-corrected chi connectivity index (χ2v) is 4.46. The minimum absolute atomic E-state index is 0.240. The number of nitrogens with zero attached hydrogens (tertiary/aromatic N) is 3. The Bertz CT molecular complexity index is 651. The van der Waals surface area contributed by atoms with Crippen LogP contribution in [0.15, 0.2) is 40.6 Å². The van der Waals surface area contributed by atoms with Crippen LogP contribution in [0.3, 0.4) is 0 Å². The van der Waals surface area contributed by atoms with Crippen LogP contribution < -0.4 is 4.73 Å². The quantitative estimate of drug-likeness (QED) is 0.493. The summed E-state index contributed by atoms with van der Waals surface area (Å²) in [7, 11) is 0. The molecule has 98 valence electrons. The summed E-state index contributed by atoms with van der Waals surface area (Å²) in [5, 5.41) is 27.5. The molecule has 0 atom stereocenters. The Morgan fingerprint density at radius 3 is 2.47 bits per heavy atom. The van der Waals surface area contributed by atoms with E-state index in [0.717, 1.165) is 15.9 Å². The number of phenolic OH excluding ortho intramolecular Hbond substituents is 1. The molecule has 2 rings (SSSR count). The number of aryl methyl sites for hydroxylation is 3. The minimum atomic E-state index is 0.240. The number of phenols is 1. The van der Waals surface area contributed by atoms with Crippen LogP contribution in [0, 0.1) is 20.8 Å². The highest BCUT2D eigenvalue weighted by molar-refractivity contribution is 5.52. The maximum atomic E-state index is 9.77. The largest absolute Gasteiger partial charge is 0.508 e. The van der Waals surface area contributed by atoms with Crippen LogP contribution in [0.25, 0.3) is 0 Å². The summed E-state index contributed by atoms with van der Waals surface area (Å²) in [6.45, 7) is 5.42. The van der Waals surface area contributed by atoms with Crippen molar-refractivity contribution in [3.63, 3.8) is 0 Å². The summed E-state index contributed by atoms with van der Waals surface area (Å²) < 4.78 is 0.978. The molecule has 2 aromatic rings. The summed E-state index contributed by atoms with van der Waals surface area (Å²) in [5.41, 5.74) is 2.90. The van der Waals surface area contributed by atoms with Crippen LogP contribution in [-0.4, -0.2) is 10.3 Å². The van der Waals surface area contributed by atoms with Gasteiger partial charge in [-0.15, -0.1) is 0 Å². The van der Waals surface area contributed by atoms with E-state index in [0.29, 0.717) is 17.2 Å². The van der Waals surface area contributed by atoms with Crippen molar-refractivity contribution in [3.05, 3.63) is 47.2 Å². The first-order chi connectivity index (χ1) is 8.99. The topological polar surface area (TPSA) is 69.1 Å². The first-order valence-corrected chi connectivity index (χ1v) is 5.92.